The van der Waals surface area contributed by atoms with Gasteiger partial charge in [-0.2, -0.15) is 0 Å². The van der Waals surface area contributed by atoms with E-state index in [2.05, 4.69) is 30.7 Å². The molecule has 0 saturated heterocycles. The van der Waals surface area contributed by atoms with Gasteiger partial charge in [-0.05, 0) is 35.7 Å². The van der Waals surface area contributed by atoms with Crippen molar-refractivity contribution in [3.8, 4) is 11.5 Å². The minimum atomic E-state index is 0.561. The third kappa shape index (κ3) is 5.58. The summed E-state index contributed by atoms with van der Waals surface area (Å²) in [6.45, 7) is 4.38. The number of benzene rings is 2. The van der Waals surface area contributed by atoms with Crippen molar-refractivity contribution >= 4 is 0 Å². The lowest BCUT2D eigenvalue weighted by molar-refractivity contribution is 0.277. The zero-order chi connectivity index (χ0) is 14.1. The van der Waals surface area contributed by atoms with E-state index in [9.17, 15) is 0 Å². The second-order valence-electron chi connectivity index (χ2n) is 4.55. The van der Waals surface area contributed by atoms with Crippen molar-refractivity contribution in [2.45, 2.75) is 19.8 Å². The van der Waals surface area contributed by atoms with E-state index in [-0.39, 0.29) is 0 Å². The van der Waals surface area contributed by atoms with E-state index in [1.54, 1.807) is 14.2 Å². The molecule has 0 fully saturated rings. The van der Waals surface area contributed by atoms with Crippen LogP contribution in [0.3, 0.4) is 0 Å². The highest BCUT2D eigenvalue weighted by Gasteiger charge is 2.00. The molecule has 0 unspecified atom stereocenters. The molecule has 2 heteroatoms. The summed E-state index contributed by atoms with van der Waals surface area (Å²) < 4.78 is 9.96. The molecule has 2 rings (SSSR count). The van der Waals surface area contributed by atoms with Crippen LogP contribution in [0.4, 0.5) is 0 Å². The molecule has 0 aromatic heterocycles. The summed E-state index contributed by atoms with van der Waals surface area (Å²) in [6, 6.07) is 18.1. The Morgan fingerprint density at radius 3 is 1.68 bits per heavy atom. The van der Waals surface area contributed by atoms with Gasteiger partial charge >= 0.3 is 0 Å². The highest BCUT2D eigenvalue weighted by Crippen LogP contribution is 2.23. The maximum Gasteiger partial charge on any atom is 0.127 e. The van der Waals surface area contributed by atoms with E-state index >= 15 is 0 Å². The number of rotatable bonds is 3. The molecule has 0 radical (unpaired) electrons. The minimum Gasteiger partial charge on any atom is -0.457 e. The van der Waals surface area contributed by atoms with Gasteiger partial charge < -0.3 is 9.47 Å². The number of methoxy groups -OCH3 is 1. The monoisotopic (exact) mass is 258 g/mol. The first-order chi connectivity index (χ1) is 9.17. The Morgan fingerprint density at radius 1 is 0.737 bits per heavy atom. The minimum absolute atomic E-state index is 0.561. The molecule has 2 nitrogen and oxygen atoms in total. The van der Waals surface area contributed by atoms with Gasteiger partial charge in [-0.3, -0.25) is 0 Å². The highest BCUT2D eigenvalue weighted by molar-refractivity contribution is 5.33. The van der Waals surface area contributed by atoms with E-state index in [0.29, 0.717) is 5.92 Å². The summed E-state index contributed by atoms with van der Waals surface area (Å²) in [4.78, 5) is 0. The van der Waals surface area contributed by atoms with Crippen LogP contribution in [0.1, 0.15) is 25.3 Å². The van der Waals surface area contributed by atoms with Crippen LogP contribution in [-0.2, 0) is 4.74 Å². The first-order valence-corrected chi connectivity index (χ1v) is 6.40. The van der Waals surface area contributed by atoms with Crippen LogP contribution in [0.25, 0.3) is 0 Å². The number of hydrogen-bond acceptors (Lipinski definition) is 2. The van der Waals surface area contributed by atoms with Gasteiger partial charge in [0.25, 0.3) is 0 Å². The summed E-state index contributed by atoms with van der Waals surface area (Å²) >= 11 is 0. The van der Waals surface area contributed by atoms with Crippen LogP contribution >= 0.6 is 0 Å². The summed E-state index contributed by atoms with van der Waals surface area (Å²) in [6.07, 6.45) is 0. The lowest BCUT2D eigenvalue weighted by Gasteiger charge is -2.08. The lowest BCUT2D eigenvalue weighted by Crippen LogP contribution is -1.88. The van der Waals surface area contributed by atoms with E-state index < -0.39 is 0 Å². The van der Waals surface area contributed by atoms with Crippen LogP contribution in [0, 0.1) is 0 Å². The largest absolute Gasteiger partial charge is 0.457 e. The maximum absolute atomic E-state index is 5.71. The second-order valence-corrected chi connectivity index (χ2v) is 4.55. The molecule has 0 bridgehead atoms. The van der Waals surface area contributed by atoms with Crippen molar-refractivity contribution in [1.82, 2.24) is 0 Å². The molecule has 0 heterocycles. The first-order valence-electron chi connectivity index (χ1n) is 6.40. The molecule has 0 aliphatic carbocycles. The SMILES string of the molecule is CC(C)c1ccc(Oc2ccccc2)cc1.COC. The molecule has 2 aromatic carbocycles. The summed E-state index contributed by atoms with van der Waals surface area (Å²) in [7, 11) is 3.25. The Morgan fingerprint density at radius 2 is 1.21 bits per heavy atom. The van der Waals surface area contributed by atoms with Crippen molar-refractivity contribution < 1.29 is 9.47 Å². The molecule has 0 spiro atoms. The van der Waals surface area contributed by atoms with Gasteiger partial charge in [0.05, 0.1) is 0 Å². The standard InChI is InChI=1S/C15H16O.C2H6O/c1-12(2)13-8-10-15(11-9-13)16-14-6-4-3-5-7-14;1-3-2/h3-12H,1-2H3;1-2H3. The second kappa shape index (κ2) is 8.33. The van der Waals surface area contributed by atoms with Crippen LogP contribution in [-0.4, -0.2) is 14.2 Å². The Hall–Kier alpha value is -1.80. The number of ether oxygens (including phenoxy) is 2. The van der Waals surface area contributed by atoms with Gasteiger partial charge in [-0.1, -0.05) is 44.2 Å². The zero-order valence-corrected chi connectivity index (χ0v) is 12.1. The predicted molar refractivity (Wildman–Crippen MR) is 80.0 cm³/mol. The third-order valence-corrected chi connectivity index (χ3v) is 2.53. The normalized spacial score (nSPS) is 9.74. The van der Waals surface area contributed by atoms with Crippen molar-refractivity contribution in [2.24, 2.45) is 0 Å². The molecular weight excluding hydrogens is 236 g/mol. The Labute approximate surface area is 116 Å². The summed E-state index contributed by atoms with van der Waals surface area (Å²) in [5.74, 6) is 2.32. The van der Waals surface area contributed by atoms with Crippen molar-refractivity contribution in [2.75, 3.05) is 14.2 Å². The van der Waals surface area contributed by atoms with E-state index in [1.165, 1.54) is 5.56 Å². The topological polar surface area (TPSA) is 18.5 Å². The molecule has 0 saturated carbocycles. The van der Waals surface area contributed by atoms with E-state index in [1.807, 2.05) is 42.5 Å². The fourth-order valence-corrected chi connectivity index (χ4v) is 1.55. The fraction of sp³-hybridized carbons (Fsp3) is 0.294. The Balaban J connectivity index is 0.000000550. The van der Waals surface area contributed by atoms with Gasteiger partial charge in [0.15, 0.2) is 0 Å². The molecule has 0 aliphatic rings. The van der Waals surface area contributed by atoms with Crippen molar-refractivity contribution in [3.63, 3.8) is 0 Å². The van der Waals surface area contributed by atoms with Crippen LogP contribution in [0.15, 0.2) is 54.6 Å². The smallest absolute Gasteiger partial charge is 0.127 e. The first kappa shape index (κ1) is 15.3. The fourth-order valence-electron chi connectivity index (χ4n) is 1.55. The molecule has 0 aliphatic heterocycles. The van der Waals surface area contributed by atoms with Crippen LogP contribution < -0.4 is 4.74 Å². The molecule has 2 aromatic rings. The average molecular weight is 258 g/mol. The molecule has 0 atom stereocenters. The third-order valence-electron chi connectivity index (χ3n) is 2.53. The highest BCUT2D eigenvalue weighted by atomic mass is 16.5. The molecule has 0 N–H and O–H groups in total. The van der Waals surface area contributed by atoms with Crippen LogP contribution in [0.5, 0.6) is 11.5 Å². The van der Waals surface area contributed by atoms with Gasteiger partial charge in [0.2, 0.25) is 0 Å². The number of hydrogen-bond donors (Lipinski definition) is 0. The van der Waals surface area contributed by atoms with Gasteiger partial charge in [-0.25, -0.2) is 0 Å². The lowest BCUT2D eigenvalue weighted by atomic mass is 10.0. The van der Waals surface area contributed by atoms with E-state index in [0.717, 1.165) is 11.5 Å². The van der Waals surface area contributed by atoms with Gasteiger partial charge in [-0.15, -0.1) is 0 Å². The molecule has 19 heavy (non-hydrogen) atoms. The zero-order valence-electron chi connectivity index (χ0n) is 12.1. The number of para-hydroxylation sites is 1. The molecule has 0 amide bonds. The average Bonchev–Trinajstić information content (AvgIpc) is 2.41. The van der Waals surface area contributed by atoms with Gasteiger partial charge in [0.1, 0.15) is 11.5 Å². The predicted octanol–water partition coefficient (Wildman–Crippen LogP) is 4.86. The van der Waals surface area contributed by atoms with Crippen LogP contribution in [0.2, 0.25) is 0 Å². The molecule has 102 valence electrons. The quantitative estimate of drug-likeness (QED) is 0.782. The van der Waals surface area contributed by atoms with E-state index in [4.69, 9.17) is 4.74 Å². The van der Waals surface area contributed by atoms with Gasteiger partial charge in [0, 0.05) is 14.2 Å². The summed E-state index contributed by atoms with van der Waals surface area (Å²) in [5.41, 5.74) is 1.33. The Kier molecular flexibility index (Phi) is 6.69. The Bertz CT molecular complexity index is 446. The summed E-state index contributed by atoms with van der Waals surface area (Å²) in [5, 5.41) is 0. The van der Waals surface area contributed by atoms with Crippen molar-refractivity contribution in [1.29, 1.82) is 0 Å². The molecular formula is C17H22O2. The maximum atomic E-state index is 5.71. The van der Waals surface area contributed by atoms with Crippen molar-refractivity contribution in [3.05, 3.63) is 60.2 Å².